The fraction of sp³-hybridized carbons (Fsp3) is 0.750. The smallest absolute Gasteiger partial charge is 0.195 e. The van der Waals surface area contributed by atoms with Gasteiger partial charge in [-0.25, -0.2) is 4.39 Å². The Balaban J connectivity index is 2.99. The number of alkyl halides is 1. The number of hydrogen-bond donors (Lipinski definition) is 1. The molecule has 1 N–H and O–H groups in total. The van der Waals surface area contributed by atoms with Gasteiger partial charge in [0.2, 0.25) is 0 Å². The highest BCUT2D eigenvalue weighted by Crippen LogP contribution is 2.15. The number of hydrogen-bond acceptors (Lipinski definition) is 2. The third kappa shape index (κ3) is 2.15. The predicted molar refractivity (Wildman–Crippen MR) is 52.1 cm³/mol. The van der Waals surface area contributed by atoms with Crippen molar-refractivity contribution in [1.29, 1.82) is 0 Å². The van der Waals surface area contributed by atoms with Gasteiger partial charge in [0.15, 0.2) is 4.77 Å². The maximum absolute atomic E-state index is 12.2. The van der Waals surface area contributed by atoms with Gasteiger partial charge in [-0.2, -0.15) is 5.10 Å². The molecule has 1 aromatic rings. The monoisotopic (exact) mass is 203 g/mol. The van der Waals surface area contributed by atoms with Gasteiger partial charge < -0.3 is 4.57 Å². The van der Waals surface area contributed by atoms with E-state index in [4.69, 9.17) is 12.2 Å². The molecule has 0 spiro atoms. The second-order valence-corrected chi connectivity index (χ2v) is 3.42. The Bertz CT molecular complexity index is 317. The minimum atomic E-state index is -0.405. The molecule has 5 heteroatoms. The zero-order valence-corrected chi connectivity index (χ0v) is 8.70. The quantitative estimate of drug-likeness (QED) is 0.762. The average Bonchev–Trinajstić information content (AvgIpc) is 2.48. The first-order valence-electron chi connectivity index (χ1n) is 4.41. The van der Waals surface area contributed by atoms with Gasteiger partial charge in [0.25, 0.3) is 0 Å². The summed E-state index contributed by atoms with van der Waals surface area (Å²) in [5.41, 5.74) is 0. The lowest BCUT2D eigenvalue weighted by Crippen LogP contribution is -2.08. The Kier molecular flexibility index (Phi) is 3.59. The highest BCUT2D eigenvalue weighted by Gasteiger charge is 2.11. The first-order valence-corrected chi connectivity index (χ1v) is 4.82. The molecular formula is C8H14FN3S. The Morgan fingerprint density at radius 2 is 2.38 bits per heavy atom. The van der Waals surface area contributed by atoms with Crippen molar-refractivity contribution in [2.24, 2.45) is 0 Å². The third-order valence-corrected chi connectivity index (χ3v) is 2.46. The standard InChI is InChI=1S/C8H14FN3S/c1-3-6(2)7-10-11-8(13)12(7)5-4-9/h6H,3-5H2,1-2H3,(H,11,13). The van der Waals surface area contributed by atoms with Crippen LogP contribution in [-0.4, -0.2) is 21.4 Å². The number of halogens is 1. The Morgan fingerprint density at radius 1 is 1.69 bits per heavy atom. The molecule has 1 heterocycles. The van der Waals surface area contributed by atoms with E-state index in [-0.39, 0.29) is 0 Å². The number of nitrogens with zero attached hydrogens (tertiary/aromatic N) is 2. The second kappa shape index (κ2) is 4.50. The zero-order valence-electron chi connectivity index (χ0n) is 7.88. The first kappa shape index (κ1) is 10.4. The topological polar surface area (TPSA) is 33.6 Å². The normalized spacial score (nSPS) is 13.2. The zero-order chi connectivity index (χ0) is 9.84. The van der Waals surface area contributed by atoms with E-state index in [2.05, 4.69) is 24.0 Å². The van der Waals surface area contributed by atoms with Crippen LogP contribution < -0.4 is 0 Å². The maximum Gasteiger partial charge on any atom is 0.195 e. The van der Waals surface area contributed by atoms with Crippen molar-refractivity contribution in [3.63, 3.8) is 0 Å². The second-order valence-electron chi connectivity index (χ2n) is 3.04. The minimum Gasteiger partial charge on any atom is -0.301 e. The van der Waals surface area contributed by atoms with E-state index >= 15 is 0 Å². The summed E-state index contributed by atoms with van der Waals surface area (Å²) in [5.74, 6) is 1.17. The highest BCUT2D eigenvalue weighted by molar-refractivity contribution is 7.71. The fourth-order valence-electron chi connectivity index (χ4n) is 1.19. The molecule has 0 bridgehead atoms. The van der Waals surface area contributed by atoms with Crippen molar-refractivity contribution < 1.29 is 4.39 Å². The Labute approximate surface area is 82.0 Å². The molecule has 0 saturated carbocycles. The summed E-state index contributed by atoms with van der Waals surface area (Å²) >= 11 is 4.98. The predicted octanol–water partition coefficient (Wildman–Crippen LogP) is 2.42. The summed E-state index contributed by atoms with van der Waals surface area (Å²) < 4.78 is 14.4. The number of nitrogens with one attached hydrogen (secondary N) is 1. The lowest BCUT2D eigenvalue weighted by Gasteiger charge is -2.08. The molecule has 0 saturated heterocycles. The molecule has 0 amide bonds. The van der Waals surface area contributed by atoms with Gasteiger partial charge in [0.05, 0.1) is 6.54 Å². The van der Waals surface area contributed by atoms with E-state index < -0.39 is 6.67 Å². The molecule has 0 aliphatic rings. The number of H-pyrrole nitrogens is 1. The number of aromatic amines is 1. The summed E-state index contributed by atoms with van der Waals surface area (Å²) in [5, 5.41) is 6.77. The lowest BCUT2D eigenvalue weighted by molar-refractivity contribution is 0.431. The van der Waals surface area contributed by atoms with Crippen LogP contribution in [0.2, 0.25) is 0 Å². The van der Waals surface area contributed by atoms with E-state index in [9.17, 15) is 4.39 Å². The Morgan fingerprint density at radius 3 is 2.92 bits per heavy atom. The summed E-state index contributed by atoms with van der Waals surface area (Å²) in [7, 11) is 0. The van der Waals surface area contributed by atoms with E-state index in [1.165, 1.54) is 0 Å². The molecule has 0 aliphatic carbocycles. The molecule has 3 nitrogen and oxygen atoms in total. The van der Waals surface area contributed by atoms with Crippen LogP contribution in [0.1, 0.15) is 32.0 Å². The van der Waals surface area contributed by atoms with Crippen LogP contribution in [0.15, 0.2) is 0 Å². The van der Waals surface area contributed by atoms with Crippen molar-refractivity contribution in [2.45, 2.75) is 32.7 Å². The van der Waals surface area contributed by atoms with Crippen molar-refractivity contribution in [2.75, 3.05) is 6.67 Å². The molecule has 1 aromatic heterocycles. The summed E-state index contributed by atoms with van der Waals surface area (Å²) in [4.78, 5) is 0. The fourth-order valence-corrected chi connectivity index (χ4v) is 1.42. The van der Waals surface area contributed by atoms with Crippen LogP contribution in [0.3, 0.4) is 0 Å². The third-order valence-electron chi connectivity index (χ3n) is 2.15. The van der Waals surface area contributed by atoms with E-state index in [1.54, 1.807) is 4.57 Å². The molecular weight excluding hydrogens is 189 g/mol. The van der Waals surface area contributed by atoms with Crippen molar-refractivity contribution >= 4 is 12.2 Å². The number of aromatic nitrogens is 3. The van der Waals surface area contributed by atoms with Crippen molar-refractivity contribution in [1.82, 2.24) is 14.8 Å². The first-order chi connectivity index (χ1) is 6.20. The summed E-state index contributed by atoms with van der Waals surface area (Å²) in [6.45, 7) is 4.02. The summed E-state index contributed by atoms with van der Waals surface area (Å²) in [6, 6.07) is 0. The summed E-state index contributed by atoms with van der Waals surface area (Å²) in [6.07, 6.45) is 0.978. The van der Waals surface area contributed by atoms with Gasteiger partial charge in [-0.1, -0.05) is 13.8 Å². The van der Waals surface area contributed by atoms with Crippen molar-refractivity contribution in [3.05, 3.63) is 10.6 Å². The number of rotatable bonds is 4. The lowest BCUT2D eigenvalue weighted by atomic mass is 10.1. The van der Waals surface area contributed by atoms with E-state index in [0.717, 1.165) is 12.2 Å². The van der Waals surface area contributed by atoms with Gasteiger partial charge in [0, 0.05) is 5.92 Å². The molecule has 1 atom stereocenters. The molecule has 0 radical (unpaired) electrons. The van der Waals surface area contributed by atoms with Gasteiger partial charge in [-0.15, -0.1) is 0 Å². The highest BCUT2D eigenvalue weighted by atomic mass is 32.1. The molecule has 0 aromatic carbocycles. The van der Waals surface area contributed by atoms with Gasteiger partial charge in [-0.3, -0.25) is 5.10 Å². The van der Waals surface area contributed by atoms with Crippen LogP contribution in [-0.2, 0) is 6.54 Å². The van der Waals surface area contributed by atoms with Gasteiger partial charge in [-0.05, 0) is 18.6 Å². The van der Waals surface area contributed by atoms with Gasteiger partial charge >= 0.3 is 0 Å². The molecule has 0 fully saturated rings. The SMILES string of the molecule is CCC(C)c1n[nH]c(=S)n1CCF. The van der Waals surface area contributed by atoms with Crippen LogP contribution in [0.5, 0.6) is 0 Å². The Hall–Kier alpha value is -0.710. The van der Waals surface area contributed by atoms with Crippen LogP contribution in [0, 0.1) is 4.77 Å². The van der Waals surface area contributed by atoms with Gasteiger partial charge in [0.1, 0.15) is 12.5 Å². The maximum atomic E-state index is 12.2. The molecule has 1 unspecified atom stereocenters. The molecule has 1 rings (SSSR count). The molecule has 13 heavy (non-hydrogen) atoms. The minimum absolute atomic E-state index is 0.301. The van der Waals surface area contributed by atoms with Crippen LogP contribution >= 0.6 is 12.2 Å². The largest absolute Gasteiger partial charge is 0.301 e. The van der Waals surface area contributed by atoms with E-state index in [0.29, 0.717) is 17.2 Å². The molecule has 0 aliphatic heterocycles. The van der Waals surface area contributed by atoms with Crippen LogP contribution in [0.4, 0.5) is 4.39 Å². The van der Waals surface area contributed by atoms with E-state index in [1.807, 2.05) is 0 Å². The average molecular weight is 203 g/mol. The van der Waals surface area contributed by atoms with Crippen molar-refractivity contribution in [3.8, 4) is 0 Å². The van der Waals surface area contributed by atoms with Crippen LogP contribution in [0.25, 0.3) is 0 Å². The molecule has 74 valence electrons.